The van der Waals surface area contributed by atoms with Crippen molar-refractivity contribution in [3.8, 4) is 11.5 Å². The van der Waals surface area contributed by atoms with Gasteiger partial charge in [-0.25, -0.2) is 4.79 Å². The number of methoxy groups -OCH3 is 2. The predicted molar refractivity (Wildman–Crippen MR) is 89.2 cm³/mol. The second-order valence-electron chi connectivity index (χ2n) is 4.49. The average Bonchev–Trinajstić information content (AvgIpc) is 2.54. The van der Waals surface area contributed by atoms with Gasteiger partial charge in [-0.15, -0.1) is 0 Å². The molecule has 2 aromatic carbocycles. The number of nitrogens with one attached hydrogen (secondary N) is 1. The van der Waals surface area contributed by atoms with Crippen molar-refractivity contribution in [1.82, 2.24) is 0 Å². The van der Waals surface area contributed by atoms with Crippen LogP contribution < -0.4 is 14.9 Å². The smallest absolute Gasteiger partial charge is 0.335 e. The van der Waals surface area contributed by atoms with Crippen molar-refractivity contribution >= 4 is 29.5 Å². The Balaban J connectivity index is 2.11. The fraction of sp³-hybridized carbons (Fsp3) is 0.125. The number of ether oxygens (including phenoxy) is 2. The molecule has 0 bridgehead atoms. The Kier molecular flexibility index (Phi) is 5.43. The summed E-state index contributed by atoms with van der Waals surface area (Å²) in [4.78, 5) is 10.8. The summed E-state index contributed by atoms with van der Waals surface area (Å²) in [5.41, 5.74) is 4.41. The van der Waals surface area contributed by atoms with E-state index >= 15 is 0 Å². The van der Waals surface area contributed by atoms with Gasteiger partial charge in [-0.3, -0.25) is 5.43 Å². The van der Waals surface area contributed by atoms with Crippen molar-refractivity contribution in [2.75, 3.05) is 19.6 Å². The quantitative estimate of drug-likeness (QED) is 0.624. The van der Waals surface area contributed by atoms with Crippen molar-refractivity contribution in [2.24, 2.45) is 5.10 Å². The molecule has 0 aliphatic heterocycles. The van der Waals surface area contributed by atoms with Gasteiger partial charge in [0.2, 0.25) is 0 Å². The largest absolute Gasteiger partial charge is 0.493 e. The van der Waals surface area contributed by atoms with E-state index in [1.165, 1.54) is 26.4 Å². The Bertz CT molecular complexity index is 730. The minimum absolute atomic E-state index is 0.214. The molecule has 0 atom stereocenters. The van der Waals surface area contributed by atoms with E-state index in [2.05, 4.69) is 10.5 Å². The van der Waals surface area contributed by atoms with Crippen LogP contribution in [0.3, 0.4) is 0 Å². The lowest BCUT2D eigenvalue weighted by Crippen LogP contribution is -1.97. The van der Waals surface area contributed by atoms with Gasteiger partial charge in [-0.2, -0.15) is 5.10 Å². The van der Waals surface area contributed by atoms with Crippen LogP contribution in [0.5, 0.6) is 11.5 Å². The molecule has 0 aliphatic carbocycles. The Labute approximate surface area is 138 Å². The molecule has 0 saturated heterocycles. The van der Waals surface area contributed by atoms with E-state index in [0.717, 1.165) is 5.56 Å². The Morgan fingerprint density at radius 3 is 2.48 bits per heavy atom. The van der Waals surface area contributed by atoms with Crippen LogP contribution in [0, 0.1) is 0 Å². The number of rotatable bonds is 6. The van der Waals surface area contributed by atoms with Gasteiger partial charge < -0.3 is 14.6 Å². The van der Waals surface area contributed by atoms with Gasteiger partial charge >= 0.3 is 5.97 Å². The molecule has 0 radical (unpaired) electrons. The normalized spacial score (nSPS) is 10.6. The van der Waals surface area contributed by atoms with Crippen LogP contribution >= 0.6 is 11.6 Å². The molecule has 0 fully saturated rings. The van der Waals surface area contributed by atoms with Crippen molar-refractivity contribution < 1.29 is 19.4 Å². The van der Waals surface area contributed by atoms with Gasteiger partial charge in [0.25, 0.3) is 0 Å². The van der Waals surface area contributed by atoms with Crippen molar-refractivity contribution in [1.29, 1.82) is 0 Å². The predicted octanol–water partition coefficient (Wildman–Crippen LogP) is 3.50. The maximum atomic E-state index is 10.8. The second kappa shape index (κ2) is 7.51. The monoisotopic (exact) mass is 334 g/mol. The molecule has 0 unspecified atom stereocenters. The zero-order valence-electron chi connectivity index (χ0n) is 12.5. The lowest BCUT2D eigenvalue weighted by Gasteiger charge is -2.10. The van der Waals surface area contributed by atoms with E-state index in [1.807, 2.05) is 0 Å². The van der Waals surface area contributed by atoms with Gasteiger partial charge in [0, 0.05) is 0 Å². The molecule has 120 valence electrons. The number of carboxylic acids is 1. The molecule has 0 saturated carbocycles. The van der Waals surface area contributed by atoms with E-state index in [0.29, 0.717) is 22.2 Å². The topological polar surface area (TPSA) is 80.2 Å². The molecule has 0 heterocycles. The third-order valence-electron chi connectivity index (χ3n) is 3.00. The number of carbonyl (C=O) groups is 1. The Morgan fingerprint density at radius 2 is 1.91 bits per heavy atom. The number of nitrogens with zero attached hydrogens (tertiary/aromatic N) is 1. The molecular weight excluding hydrogens is 320 g/mol. The molecule has 6 nitrogen and oxygen atoms in total. The van der Waals surface area contributed by atoms with Gasteiger partial charge in [0.1, 0.15) is 0 Å². The first kappa shape index (κ1) is 16.6. The maximum Gasteiger partial charge on any atom is 0.335 e. The molecule has 0 spiro atoms. The third-order valence-corrected chi connectivity index (χ3v) is 3.28. The van der Waals surface area contributed by atoms with Crippen LogP contribution in [-0.4, -0.2) is 31.5 Å². The summed E-state index contributed by atoms with van der Waals surface area (Å²) in [5.74, 6) is -0.00387. The fourth-order valence-corrected chi connectivity index (χ4v) is 2.18. The highest BCUT2D eigenvalue weighted by Crippen LogP contribution is 2.35. The van der Waals surface area contributed by atoms with E-state index < -0.39 is 5.97 Å². The summed E-state index contributed by atoms with van der Waals surface area (Å²) in [6, 6.07) is 9.68. The van der Waals surface area contributed by atoms with Crippen molar-refractivity contribution in [2.45, 2.75) is 0 Å². The minimum Gasteiger partial charge on any atom is -0.493 e. The minimum atomic E-state index is -0.972. The summed E-state index contributed by atoms with van der Waals surface area (Å²) in [6.45, 7) is 0. The number of anilines is 1. The number of hydrogen-bond donors (Lipinski definition) is 2. The fourth-order valence-electron chi connectivity index (χ4n) is 1.88. The first-order valence-electron chi connectivity index (χ1n) is 6.59. The zero-order chi connectivity index (χ0) is 16.8. The van der Waals surface area contributed by atoms with Gasteiger partial charge in [0.15, 0.2) is 11.5 Å². The second-order valence-corrected chi connectivity index (χ2v) is 4.90. The first-order chi connectivity index (χ1) is 11.0. The molecule has 7 heteroatoms. The van der Waals surface area contributed by atoms with Crippen molar-refractivity contribution in [3.05, 3.63) is 52.5 Å². The average molecular weight is 335 g/mol. The van der Waals surface area contributed by atoms with Crippen LogP contribution in [0.1, 0.15) is 15.9 Å². The number of hydrogen-bond acceptors (Lipinski definition) is 5. The number of hydrazone groups is 1. The van der Waals surface area contributed by atoms with Gasteiger partial charge in [-0.05, 0) is 42.0 Å². The summed E-state index contributed by atoms with van der Waals surface area (Å²) in [6.07, 6.45) is 1.57. The van der Waals surface area contributed by atoms with Crippen LogP contribution in [-0.2, 0) is 0 Å². The molecule has 2 rings (SSSR count). The standard InChI is InChI=1S/C16H15ClN2O4/c1-22-14-8-10(7-13(17)15(14)23-2)9-18-19-12-5-3-11(4-6-12)16(20)21/h3-9,19H,1-2H3,(H,20,21). The lowest BCUT2D eigenvalue weighted by molar-refractivity contribution is 0.0697. The Hall–Kier alpha value is -2.73. The molecule has 0 aromatic heterocycles. The number of aromatic carboxylic acids is 1. The molecule has 0 amide bonds. The van der Waals surface area contributed by atoms with Gasteiger partial charge in [0.05, 0.1) is 36.7 Å². The highest BCUT2D eigenvalue weighted by molar-refractivity contribution is 6.32. The summed E-state index contributed by atoms with van der Waals surface area (Å²) >= 11 is 6.11. The number of benzene rings is 2. The van der Waals surface area contributed by atoms with Gasteiger partial charge in [-0.1, -0.05) is 11.6 Å². The van der Waals surface area contributed by atoms with E-state index in [4.69, 9.17) is 26.2 Å². The zero-order valence-corrected chi connectivity index (χ0v) is 13.3. The molecule has 2 N–H and O–H groups in total. The molecule has 0 aliphatic rings. The SMILES string of the molecule is COc1cc(C=NNc2ccc(C(=O)O)cc2)cc(Cl)c1OC. The lowest BCUT2D eigenvalue weighted by atomic mass is 10.2. The molecule has 23 heavy (non-hydrogen) atoms. The van der Waals surface area contributed by atoms with Crippen LogP contribution in [0.25, 0.3) is 0 Å². The summed E-state index contributed by atoms with van der Waals surface area (Å²) in [7, 11) is 3.04. The molecule has 2 aromatic rings. The van der Waals surface area contributed by atoms with Crippen LogP contribution in [0.15, 0.2) is 41.5 Å². The van der Waals surface area contributed by atoms with Crippen molar-refractivity contribution in [3.63, 3.8) is 0 Å². The Morgan fingerprint density at radius 1 is 1.22 bits per heavy atom. The van der Waals surface area contributed by atoms with E-state index in [-0.39, 0.29) is 5.56 Å². The first-order valence-corrected chi connectivity index (χ1v) is 6.97. The maximum absolute atomic E-state index is 10.8. The number of carboxylic acid groups (broad SMARTS) is 1. The highest BCUT2D eigenvalue weighted by atomic mass is 35.5. The third kappa shape index (κ3) is 4.14. The number of halogens is 1. The van der Waals surface area contributed by atoms with E-state index in [9.17, 15) is 4.79 Å². The van der Waals surface area contributed by atoms with Crippen LogP contribution in [0.4, 0.5) is 5.69 Å². The molecular formula is C16H15ClN2O4. The van der Waals surface area contributed by atoms with E-state index in [1.54, 1.807) is 30.5 Å². The van der Waals surface area contributed by atoms with Crippen LogP contribution in [0.2, 0.25) is 5.02 Å². The summed E-state index contributed by atoms with van der Waals surface area (Å²) < 4.78 is 10.4. The highest BCUT2D eigenvalue weighted by Gasteiger charge is 2.09. The summed E-state index contributed by atoms with van der Waals surface area (Å²) in [5, 5.41) is 13.3.